The molecule has 0 saturated carbocycles. The van der Waals surface area contributed by atoms with Crippen LogP contribution in [0.4, 0.5) is 4.79 Å². The van der Waals surface area contributed by atoms with Gasteiger partial charge in [-0.15, -0.1) is 0 Å². The molecule has 0 radical (unpaired) electrons. The molecule has 2 atom stereocenters. The number of piperidine rings is 1. The van der Waals surface area contributed by atoms with Crippen LogP contribution in [-0.2, 0) is 11.2 Å². The van der Waals surface area contributed by atoms with Gasteiger partial charge in [-0.1, -0.05) is 30.3 Å². The van der Waals surface area contributed by atoms with E-state index in [-0.39, 0.29) is 24.8 Å². The fraction of sp³-hybridized carbons (Fsp3) is 0.526. The highest BCUT2D eigenvalue weighted by molar-refractivity contribution is 6.43. The van der Waals surface area contributed by atoms with Crippen molar-refractivity contribution in [2.24, 2.45) is 0 Å². The van der Waals surface area contributed by atoms with Gasteiger partial charge in [-0.25, -0.2) is 4.79 Å². The number of benzene rings is 1. The number of nitrogens with zero attached hydrogens (tertiary/aromatic N) is 3. The molecule has 28 heavy (non-hydrogen) atoms. The van der Waals surface area contributed by atoms with Crippen molar-refractivity contribution in [2.75, 3.05) is 20.1 Å². The SMILES string of the molecule is CN(C[C@H]1CCCCN1C(=O)CC#N)C(=O)N[C@@H](Cc1ccccc1)B(O)O. The number of likely N-dealkylation sites (N-methyl/N-ethyl adjacent to an activating group) is 1. The van der Waals surface area contributed by atoms with E-state index in [0.717, 1.165) is 24.8 Å². The topological polar surface area (TPSA) is 117 Å². The molecule has 1 aliphatic rings. The Morgan fingerprint density at radius 2 is 2.07 bits per heavy atom. The number of carbonyl (C=O) groups is 2. The Morgan fingerprint density at radius 3 is 2.71 bits per heavy atom. The minimum Gasteiger partial charge on any atom is -0.426 e. The van der Waals surface area contributed by atoms with E-state index in [1.54, 1.807) is 11.9 Å². The Morgan fingerprint density at radius 1 is 1.36 bits per heavy atom. The fourth-order valence-electron chi connectivity index (χ4n) is 3.45. The molecular weight excluding hydrogens is 359 g/mol. The van der Waals surface area contributed by atoms with Crippen LogP contribution in [0.25, 0.3) is 0 Å². The average Bonchev–Trinajstić information content (AvgIpc) is 2.68. The minimum absolute atomic E-state index is 0.142. The van der Waals surface area contributed by atoms with Gasteiger partial charge in [0.2, 0.25) is 5.91 Å². The van der Waals surface area contributed by atoms with E-state index in [4.69, 9.17) is 5.26 Å². The molecule has 0 bridgehead atoms. The van der Waals surface area contributed by atoms with Crippen LogP contribution < -0.4 is 5.32 Å². The van der Waals surface area contributed by atoms with Gasteiger partial charge >= 0.3 is 13.1 Å². The summed E-state index contributed by atoms with van der Waals surface area (Å²) in [4.78, 5) is 27.8. The highest BCUT2D eigenvalue weighted by atomic mass is 16.4. The van der Waals surface area contributed by atoms with Crippen LogP contribution in [0.3, 0.4) is 0 Å². The van der Waals surface area contributed by atoms with E-state index in [1.807, 2.05) is 36.4 Å². The summed E-state index contributed by atoms with van der Waals surface area (Å²) in [5.74, 6) is -1.06. The van der Waals surface area contributed by atoms with E-state index >= 15 is 0 Å². The second-order valence-electron chi connectivity index (χ2n) is 7.11. The van der Waals surface area contributed by atoms with Crippen molar-refractivity contribution in [1.29, 1.82) is 5.26 Å². The number of amides is 3. The van der Waals surface area contributed by atoms with Gasteiger partial charge in [0.25, 0.3) is 0 Å². The number of hydrogen-bond acceptors (Lipinski definition) is 5. The predicted octanol–water partition coefficient (Wildman–Crippen LogP) is 0.546. The third-order valence-corrected chi connectivity index (χ3v) is 4.98. The Kier molecular flexibility index (Phi) is 8.29. The maximum absolute atomic E-state index is 12.6. The summed E-state index contributed by atoms with van der Waals surface area (Å²) in [5.41, 5.74) is 0.879. The van der Waals surface area contributed by atoms with Crippen molar-refractivity contribution >= 4 is 19.1 Å². The molecule has 3 N–H and O–H groups in total. The Hall–Kier alpha value is -2.57. The van der Waals surface area contributed by atoms with Gasteiger partial charge in [0.15, 0.2) is 0 Å². The molecule has 0 spiro atoms. The van der Waals surface area contributed by atoms with Gasteiger partial charge in [-0.05, 0) is 31.2 Å². The van der Waals surface area contributed by atoms with Gasteiger partial charge in [0.05, 0.1) is 12.0 Å². The molecule has 1 aromatic rings. The number of likely N-dealkylation sites (tertiary alicyclic amines) is 1. The molecule has 9 heteroatoms. The van der Waals surface area contributed by atoms with Gasteiger partial charge in [0, 0.05) is 26.2 Å². The van der Waals surface area contributed by atoms with E-state index < -0.39 is 19.1 Å². The van der Waals surface area contributed by atoms with Gasteiger partial charge < -0.3 is 25.2 Å². The number of nitrogens with one attached hydrogen (secondary N) is 1. The molecule has 1 saturated heterocycles. The van der Waals surface area contributed by atoms with Crippen molar-refractivity contribution < 1.29 is 19.6 Å². The zero-order chi connectivity index (χ0) is 20.5. The lowest BCUT2D eigenvalue weighted by Crippen LogP contribution is -2.55. The van der Waals surface area contributed by atoms with Gasteiger partial charge in [-0.3, -0.25) is 4.79 Å². The molecule has 0 aromatic heterocycles. The second-order valence-corrected chi connectivity index (χ2v) is 7.11. The summed E-state index contributed by atoms with van der Waals surface area (Å²) in [6.45, 7) is 0.912. The summed E-state index contributed by atoms with van der Waals surface area (Å²) >= 11 is 0. The maximum atomic E-state index is 12.6. The highest BCUT2D eigenvalue weighted by Gasteiger charge is 2.30. The monoisotopic (exact) mass is 386 g/mol. The number of hydrogen-bond donors (Lipinski definition) is 3. The van der Waals surface area contributed by atoms with Crippen molar-refractivity contribution in [3.05, 3.63) is 35.9 Å². The summed E-state index contributed by atoms with van der Waals surface area (Å²) in [7, 11) is -0.0822. The molecule has 8 nitrogen and oxygen atoms in total. The third kappa shape index (κ3) is 6.25. The van der Waals surface area contributed by atoms with Crippen LogP contribution in [0.5, 0.6) is 0 Å². The van der Waals surface area contributed by atoms with Crippen LogP contribution in [-0.4, -0.2) is 71.0 Å². The van der Waals surface area contributed by atoms with Gasteiger partial charge in [-0.2, -0.15) is 5.26 Å². The molecule has 2 rings (SSSR count). The smallest absolute Gasteiger partial charge is 0.426 e. The van der Waals surface area contributed by atoms with Crippen LogP contribution >= 0.6 is 0 Å². The summed E-state index contributed by atoms with van der Waals surface area (Å²) in [5, 5.41) is 30.7. The van der Waals surface area contributed by atoms with Crippen molar-refractivity contribution in [3.8, 4) is 6.07 Å². The molecule has 1 heterocycles. The molecule has 0 unspecified atom stereocenters. The molecule has 3 amide bonds. The Bertz CT molecular complexity index is 695. The first-order valence-corrected chi connectivity index (χ1v) is 9.50. The highest BCUT2D eigenvalue weighted by Crippen LogP contribution is 2.19. The van der Waals surface area contributed by atoms with Crippen LogP contribution in [0.1, 0.15) is 31.2 Å². The summed E-state index contributed by atoms with van der Waals surface area (Å²) in [6.07, 6.45) is 2.74. The lowest BCUT2D eigenvalue weighted by Gasteiger charge is -2.37. The lowest BCUT2D eigenvalue weighted by molar-refractivity contribution is -0.134. The summed E-state index contributed by atoms with van der Waals surface area (Å²) < 4.78 is 0. The van der Waals surface area contributed by atoms with Crippen molar-refractivity contribution in [1.82, 2.24) is 15.1 Å². The fourth-order valence-corrected chi connectivity index (χ4v) is 3.45. The van der Waals surface area contributed by atoms with E-state index in [0.29, 0.717) is 13.1 Å². The third-order valence-electron chi connectivity index (χ3n) is 4.98. The molecule has 1 fully saturated rings. The van der Waals surface area contributed by atoms with Crippen LogP contribution in [0.15, 0.2) is 30.3 Å². The molecule has 0 aliphatic carbocycles. The normalized spacial score (nSPS) is 17.4. The zero-order valence-electron chi connectivity index (χ0n) is 16.1. The zero-order valence-corrected chi connectivity index (χ0v) is 16.1. The molecule has 150 valence electrons. The van der Waals surface area contributed by atoms with Crippen molar-refractivity contribution in [3.63, 3.8) is 0 Å². The van der Waals surface area contributed by atoms with Crippen LogP contribution in [0.2, 0.25) is 0 Å². The molecular formula is C19H27BN4O4. The number of nitriles is 1. The van der Waals surface area contributed by atoms with E-state index in [9.17, 15) is 19.6 Å². The van der Waals surface area contributed by atoms with E-state index in [1.165, 1.54) is 4.90 Å². The summed E-state index contributed by atoms with van der Waals surface area (Å²) in [6, 6.07) is 10.6. The largest absolute Gasteiger partial charge is 0.475 e. The lowest BCUT2D eigenvalue weighted by atomic mass is 9.76. The number of rotatable bonds is 7. The Labute approximate surface area is 165 Å². The number of carbonyl (C=O) groups excluding carboxylic acids is 2. The average molecular weight is 386 g/mol. The quantitative estimate of drug-likeness (QED) is 0.592. The predicted molar refractivity (Wildman–Crippen MR) is 105 cm³/mol. The van der Waals surface area contributed by atoms with Gasteiger partial charge in [0.1, 0.15) is 6.42 Å². The second kappa shape index (κ2) is 10.7. The molecule has 1 aromatic carbocycles. The first-order chi connectivity index (χ1) is 13.4. The first-order valence-electron chi connectivity index (χ1n) is 9.50. The first kappa shape index (κ1) is 21.7. The maximum Gasteiger partial charge on any atom is 0.475 e. The van der Waals surface area contributed by atoms with Crippen molar-refractivity contribution in [2.45, 2.75) is 44.1 Å². The minimum atomic E-state index is -1.69. The van der Waals surface area contributed by atoms with Crippen LogP contribution in [0, 0.1) is 11.3 Å². The van der Waals surface area contributed by atoms with E-state index in [2.05, 4.69) is 5.32 Å². The standard InChI is InChI=1S/C19H27BN4O4/c1-23(14-16-9-5-6-12-24(16)18(25)10-11-21)19(26)22-17(20(27)28)13-15-7-3-2-4-8-15/h2-4,7-8,16-17,27-28H,5-6,9-10,12-14H2,1H3,(H,22,26)/t16-,17+/m1/s1. The number of urea groups is 1. The Balaban J connectivity index is 1.96. The molecule has 1 aliphatic heterocycles.